The van der Waals surface area contributed by atoms with Gasteiger partial charge >= 0.3 is 0 Å². The van der Waals surface area contributed by atoms with Gasteiger partial charge in [0.25, 0.3) is 0 Å². The number of benzene rings is 1. The van der Waals surface area contributed by atoms with E-state index in [4.69, 9.17) is 5.73 Å². The molecule has 0 aliphatic heterocycles. The molecule has 0 saturated heterocycles. The molecular weight excluding hydrogens is 222 g/mol. The first kappa shape index (κ1) is 11.3. The molecule has 0 saturated carbocycles. The first-order valence-electron chi connectivity index (χ1n) is 6.65. The first-order valence-corrected chi connectivity index (χ1v) is 6.65. The molecule has 1 heterocycles. The van der Waals surface area contributed by atoms with Crippen molar-refractivity contribution in [2.24, 2.45) is 0 Å². The predicted octanol–water partition coefficient (Wildman–Crippen LogP) is 2.95. The van der Waals surface area contributed by atoms with Gasteiger partial charge in [0.1, 0.15) is 0 Å². The van der Waals surface area contributed by atoms with E-state index in [2.05, 4.69) is 28.6 Å². The van der Waals surface area contributed by atoms with E-state index >= 15 is 0 Å². The lowest BCUT2D eigenvalue weighted by atomic mass is 10.00. The maximum atomic E-state index is 5.74. The average molecular weight is 241 g/mol. The van der Waals surface area contributed by atoms with Crippen molar-refractivity contribution >= 4 is 5.69 Å². The monoisotopic (exact) mass is 241 g/mol. The Bertz CT molecular complexity index is 539. The molecule has 1 aromatic heterocycles. The maximum absolute atomic E-state index is 5.74. The molecule has 1 aliphatic carbocycles. The van der Waals surface area contributed by atoms with Crippen molar-refractivity contribution in [1.29, 1.82) is 0 Å². The molecule has 0 radical (unpaired) electrons. The van der Waals surface area contributed by atoms with Gasteiger partial charge in [-0.15, -0.1) is 0 Å². The van der Waals surface area contributed by atoms with Gasteiger partial charge in [-0.1, -0.05) is 12.1 Å². The fourth-order valence-electron chi connectivity index (χ4n) is 2.76. The van der Waals surface area contributed by atoms with Gasteiger partial charge in [-0.05, 0) is 50.3 Å². The first-order chi connectivity index (χ1) is 8.75. The van der Waals surface area contributed by atoms with Crippen LogP contribution < -0.4 is 5.73 Å². The van der Waals surface area contributed by atoms with E-state index in [1.807, 2.05) is 18.5 Å². The number of rotatable bonds is 2. The third kappa shape index (κ3) is 1.90. The highest BCUT2D eigenvalue weighted by molar-refractivity contribution is 5.40. The number of aryl methyl sites for hydroxylation is 1. The van der Waals surface area contributed by atoms with E-state index in [9.17, 15) is 0 Å². The number of hydrogen-bond donors (Lipinski definition) is 1. The summed E-state index contributed by atoms with van der Waals surface area (Å²) in [6.07, 6.45) is 6.86. The van der Waals surface area contributed by atoms with Crippen molar-refractivity contribution in [2.45, 2.75) is 38.6 Å². The van der Waals surface area contributed by atoms with Crippen LogP contribution in [0.2, 0.25) is 0 Å². The smallest absolute Gasteiger partial charge is 0.0957 e. The van der Waals surface area contributed by atoms with Gasteiger partial charge in [-0.2, -0.15) is 0 Å². The Morgan fingerprint density at radius 3 is 2.67 bits per heavy atom. The number of aromatic nitrogens is 2. The molecule has 18 heavy (non-hydrogen) atoms. The van der Waals surface area contributed by atoms with Crippen LogP contribution in [-0.4, -0.2) is 9.55 Å². The fourth-order valence-corrected chi connectivity index (χ4v) is 2.76. The lowest BCUT2D eigenvalue weighted by Gasteiger charge is -2.20. The van der Waals surface area contributed by atoms with Crippen LogP contribution in [0.25, 0.3) is 0 Å². The van der Waals surface area contributed by atoms with E-state index in [0.29, 0.717) is 6.04 Å². The molecule has 3 rings (SSSR count). The number of hydrogen-bond acceptors (Lipinski definition) is 2. The number of nitrogen functional groups attached to an aromatic ring is 1. The Morgan fingerprint density at radius 1 is 1.17 bits per heavy atom. The van der Waals surface area contributed by atoms with Crippen molar-refractivity contribution in [2.75, 3.05) is 5.73 Å². The van der Waals surface area contributed by atoms with Crippen LogP contribution in [0.3, 0.4) is 0 Å². The molecule has 0 spiro atoms. The third-order valence-electron chi connectivity index (χ3n) is 3.90. The summed E-state index contributed by atoms with van der Waals surface area (Å²) in [4.78, 5) is 4.56. The van der Waals surface area contributed by atoms with Gasteiger partial charge < -0.3 is 10.3 Å². The molecule has 0 fully saturated rings. The summed E-state index contributed by atoms with van der Waals surface area (Å²) in [5.41, 5.74) is 10.6. The van der Waals surface area contributed by atoms with Gasteiger partial charge in [-0.25, -0.2) is 4.98 Å². The van der Waals surface area contributed by atoms with Gasteiger partial charge in [-0.3, -0.25) is 0 Å². The highest BCUT2D eigenvalue weighted by atomic mass is 15.1. The second kappa shape index (κ2) is 4.48. The largest absolute Gasteiger partial charge is 0.399 e. The van der Waals surface area contributed by atoms with Crippen molar-refractivity contribution in [3.8, 4) is 0 Å². The molecule has 2 N–H and O–H groups in total. The second-order valence-corrected chi connectivity index (χ2v) is 5.09. The van der Waals surface area contributed by atoms with Gasteiger partial charge in [0.2, 0.25) is 0 Å². The van der Waals surface area contributed by atoms with Crippen LogP contribution in [0.4, 0.5) is 5.69 Å². The van der Waals surface area contributed by atoms with Crippen LogP contribution in [0.15, 0.2) is 30.6 Å². The molecule has 1 aliphatic rings. The third-order valence-corrected chi connectivity index (χ3v) is 3.90. The lowest BCUT2D eigenvalue weighted by molar-refractivity contribution is 0.572. The topological polar surface area (TPSA) is 43.8 Å². The Morgan fingerprint density at radius 2 is 1.89 bits per heavy atom. The van der Waals surface area contributed by atoms with Crippen LogP contribution in [0.5, 0.6) is 0 Å². The molecule has 1 aromatic carbocycles. The van der Waals surface area contributed by atoms with Crippen LogP contribution in [0.1, 0.15) is 42.8 Å². The Hall–Kier alpha value is -1.77. The zero-order valence-electron chi connectivity index (χ0n) is 10.8. The number of nitrogens with two attached hydrogens (primary N) is 1. The summed E-state index contributed by atoms with van der Waals surface area (Å²) in [6.45, 7) is 2.22. The lowest BCUT2D eigenvalue weighted by Crippen LogP contribution is -2.12. The van der Waals surface area contributed by atoms with Crippen molar-refractivity contribution < 1.29 is 0 Å². The molecule has 3 heteroatoms. The SMILES string of the molecule is CC(c1ccc(N)cc1)n1cnc2c1CCCC2. The number of fused-ring (bicyclic) bond motifs is 1. The van der Waals surface area contributed by atoms with E-state index in [1.165, 1.54) is 29.8 Å². The van der Waals surface area contributed by atoms with Crippen molar-refractivity contribution in [1.82, 2.24) is 9.55 Å². The quantitative estimate of drug-likeness (QED) is 0.821. The van der Waals surface area contributed by atoms with Gasteiger partial charge in [0, 0.05) is 11.4 Å². The molecule has 2 aromatic rings. The maximum Gasteiger partial charge on any atom is 0.0957 e. The minimum atomic E-state index is 0.333. The highest BCUT2D eigenvalue weighted by Gasteiger charge is 2.18. The zero-order valence-corrected chi connectivity index (χ0v) is 10.8. The Labute approximate surface area is 108 Å². The van der Waals surface area contributed by atoms with Crippen molar-refractivity contribution in [3.63, 3.8) is 0 Å². The molecule has 1 unspecified atom stereocenters. The molecule has 94 valence electrons. The number of anilines is 1. The summed E-state index contributed by atoms with van der Waals surface area (Å²) in [5.74, 6) is 0. The van der Waals surface area contributed by atoms with Crippen molar-refractivity contribution in [3.05, 3.63) is 47.5 Å². The summed E-state index contributed by atoms with van der Waals surface area (Å²) >= 11 is 0. The molecule has 0 amide bonds. The van der Waals surface area contributed by atoms with E-state index in [0.717, 1.165) is 18.5 Å². The summed E-state index contributed by atoms with van der Waals surface area (Å²) < 4.78 is 2.32. The van der Waals surface area contributed by atoms with Crippen LogP contribution in [0, 0.1) is 0 Å². The van der Waals surface area contributed by atoms with Crippen LogP contribution >= 0.6 is 0 Å². The van der Waals surface area contributed by atoms with Crippen LogP contribution in [-0.2, 0) is 12.8 Å². The molecule has 0 bridgehead atoms. The Balaban J connectivity index is 1.94. The number of nitrogens with zero attached hydrogens (tertiary/aromatic N) is 2. The standard InChI is InChI=1S/C15H19N3/c1-11(12-6-8-13(16)9-7-12)18-10-17-14-4-2-3-5-15(14)18/h6-11H,2-5,16H2,1H3. The Kier molecular flexibility index (Phi) is 2.82. The molecule has 1 atom stereocenters. The normalized spacial score (nSPS) is 16.3. The zero-order chi connectivity index (χ0) is 12.5. The minimum absolute atomic E-state index is 0.333. The number of imidazole rings is 1. The summed E-state index contributed by atoms with van der Waals surface area (Å²) in [6, 6.07) is 8.48. The fraction of sp³-hybridized carbons (Fsp3) is 0.400. The second-order valence-electron chi connectivity index (χ2n) is 5.09. The minimum Gasteiger partial charge on any atom is -0.399 e. The van der Waals surface area contributed by atoms with Gasteiger partial charge in [0.15, 0.2) is 0 Å². The summed E-state index contributed by atoms with van der Waals surface area (Å²) in [7, 11) is 0. The highest BCUT2D eigenvalue weighted by Crippen LogP contribution is 2.26. The van der Waals surface area contributed by atoms with E-state index in [-0.39, 0.29) is 0 Å². The van der Waals surface area contributed by atoms with E-state index < -0.39 is 0 Å². The molecular formula is C15H19N3. The average Bonchev–Trinajstić information content (AvgIpc) is 2.82. The predicted molar refractivity (Wildman–Crippen MR) is 73.5 cm³/mol. The molecule has 3 nitrogen and oxygen atoms in total. The van der Waals surface area contributed by atoms with E-state index in [1.54, 1.807) is 0 Å². The summed E-state index contributed by atoms with van der Waals surface area (Å²) in [5, 5.41) is 0. The van der Waals surface area contributed by atoms with Gasteiger partial charge in [0.05, 0.1) is 18.1 Å².